The number of piperazine rings is 1. The molecule has 1 aliphatic rings. The second-order valence-electron chi connectivity index (χ2n) is 7.67. The molecular formula is C20H27N5O. The molecular weight excluding hydrogens is 326 g/mol. The summed E-state index contributed by atoms with van der Waals surface area (Å²) in [6, 6.07) is 11.5. The Morgan fingerprint density at radius 2 is 1.77 bits per heavy atom. The van der Waals surface area contributed by atoms with E-state index in [2.05, 4.69) is 40.9 Å². The highest BCUT2D eigenvalue weighted by Crippen LogP contribution is 2.21. The van der Waals surface area contributed by atoms with Crippen molar-refractivity contribution >= 4 is 17.4 Å². The Morgan fingerprint density at radius 3 is 2.42 bits per heavy atom. The number of hydrogen-bond donors (Lipinski definition) is 1. The van der Waals surface area contributed by atoms with E-state index in [0.29, 0.717) is 6.54 Å². The molecule has 1 aromatic heterocycles. The monoisotopic (exact) mass is 353 g/mol. The molecule has 1 aromatic carbocycles. The first-order valence-corrected chi connectivity index (χ1v) is 9.07. The van der Waals surface area contributed by atoms with E-state index in [0.717, 1.165) is 43.5 Å². The maximum atomic E-state index is 12.2. The third-order valence-electron chi connectivity index (χ3n) is 4.43. The van der Waals surface area contributed by atoms with Crippen LogP contribution in [0.4, 0.5) is 11.5 Å². The number of hydrogen-bond acceptors (Lipinski definition) is 5. The molecule has 1 aliphatic heterocycles. The third-order valence-corrected chi connectivity index (χ3v) is 4.43. The van der Waals surface area contributed by atoms with E-state index in [-0.39, 0.29) is 11.3 Å². The standard InChI is InChI=1S/C20H27N5O/c1-20(2,3)19-21-10-9-17(23-19)25-13-11-24(12-14-25)15-18(26)22-16-7-5-4-6-8-16/h4-10H,11-15H2,1-3H3,(H,22,26). The molecule has 0 bridgehead atoms. The lowest BCUT2D eigenvalue weighted by Gasteiger charge is -2.35. The maximum Gasteiger partial charge on any atom is 0.238 e. The van der Waals surface area contributed by atoms with Crippen molar-refractivity contribution in [2.75, 3.05) is 42.9 Å². The first-order chi connectivity index (χ1) is 12.4. The number of amides is 1. The Labute approximate surface area is 155 Å². The zero-order valence-electron chi connectivity index (χ0n) is 15.8. The van der Waals surface area contributed by atoms with Crippen LogP contribution in [0.25, 0.3) is 0 Å². The van der Waals surface area contributed by atoms with Gasteiger partial charge in [0.05, 0.1) is 6.54 Å². The molecule has 2 heterocycles. The summed E-state index contributed by atoms with van der Waals surface area (Å²) in [5, 5.41) is 2.94. The van der Waals surface area contributed by atoms with Gasteiger partial charge in [-0.25, -0.2) is 9.97 Å². The van der Waals surface area contributed by atoms with E-state index in [4.69, 9.17) is 4.98 Å². The van der Waals surface area contributed by atoms with E-state index >= 15 is 0 Å². The van der Waals surface area contributed by atoms with Crippen LogP contribution in [0.2, 0.25) is 0 Å². The molecule has 6 nitrogen and oxygen atoms in total. The van der Waals surface area contributed by atoms with Gasteiger partial charge in [0.15, 0.2) is 0 Å². The fourth-order valence-electron chi connectivity index (χ4n) is 2.95. The van der Waals surface area contributed by atoms with E-state index < -0.39 is 0 Å². The van der Waals surface area contributed by atoms with Gasteiger partial charge in [-0.15, -0.1) is 0 Å². The van der Waals surface area contributed by atoms with Crippen LogP contribution in [0.15, 0.2) is 42.6 Å². The highest BCUT2D eigenvalue weighted by atomic mass is 16.2. The van der Waals surface area contributed by atoms with Gasteiger partial charge >= 0.3 is 0 Å². The van der Waals surface area contributed by atoms with Crippen molar-refractivity contribution in [2.24, 2.45) is 0 Å². The molecule has 26 heavy (non-hydrogen) atoms. The summed E-state index contributed by atoms with van der Waals surface area (Å²) in [4.78, 5) is 25.8. The molecule has 0 spiro atoms. The number of nitrogens with zero attached hydrogens (tertiary/aromatic N) is 4. The molecule has 1 saturated heterocycles. The fraction of sp³-hybridized carbons (Fsp3) is 0.450. The predicted molar refractivity (Wildman–Crippen MR) is 104 cm³/mol. The lowest BCUT2D eigenvalue weighted by molar-refractivity contribution is -0.117. The van der Waals surface area contributed by atoms with Gasteiger partial charge < -0.3 is 10.2 Å². The SMILES string of the molecule is CC(C)(C)c1nccc(N2CCN(CC(=O)Nc3ccccc3)CC2)n1. The maximum absolute atomic E-state index is 12.2. The van der Waals surface area contributed by atoms with Crippen molar-refractivity contribution in [3.63, 3.8) is 0 Å². The molecule has 0 aliphatic carbocycles. The van der Waals surface area contributed by atoms with Crippen molar-refractivity contribution in [3.05, 3.63) is 48.4 Å². The smallest absolute Gasteiger partial charge is 0.238 e. The Morgan fingerprint density at radius 1 is 1.08 bits per heavy atom. The highest BCUT2D eigenvalue weighted by molar-refractivity contribution is 5.92. The number of anilines is 2. The summed E-state index contributed by atoms with van der Waals surface area (Å²) in [7, 11) is 0. The Hall–Kier alpha value is -2.47. The summed E-state index contributed by atoms with van der Waals surface area (Å²) in [5.41, 5.74) is 0.778. The van der Waals surface area contributed by atoms with E-state index in [1.807, 2.05) is 42.6 Å². The van der Waals surface area contributed by atoms with E-state index in [1.54, 1.807) is 0 Å². The third kappa shape index (κ3) is 4.79. The van der Waals surface area contributed by atoms with Crippen molar-refractivity contribution < 1.29 is 4.79 Å². The number of benzene rings is 1. The van der Waals surface area contributed by atoms with Gasteiger partial charge in [-0.2, -0.15) is 0 Å². The second kappa shape index (κ2) is 7.83. The number of aromatic nitrogens is 2. The summed E-state index contributed by atoms with van der Waals surface area (Å²) in [5.74, 6) is 1.86. The van der Waals surface area contributed by atoms with Gasteiger partial charge in [0.1, 0.15) is 11.6 Å². The van der Waals surface area contributed by atoms with E-state index in [1.165, 1.54) is 0 Å². The summed E-state index contributed by atoms with van der Waals surface area (Å²) >= 11 is 0. The Bertz CT molecular complexity index is 733. The molecule has 0 saturated carbocycles. The highest BCUT2D eigenvalue weighted by Gasteiger charge is 2.22. The van der Waals surface area contributed by atoms with Crippen LogP contribution in [0, 0.1) is 0 Å². The van der Waals surface area contributed by atoms with Crippen LogP contribution in [0.1, 0.15) is 26.6 Å². The minimum atomic E-state index is -0.0621. The molecule has 0 radical (unpaired) electrons. The molecule has 0 atom stereocenters. The lowest BCUT2D eigenvalue weighted by atomic mass is 9.96. The average Bonchev–Trinajstić information content (AvgIpc) is 2.62. The molecule has 138 valence electrons. The minimum absolute atomic E-state index is 0.0294. The van der Waals surface area contributed by atoms with E-state index in [9.17, 15) is 4.79 Å². The van der Waals surface area contributed by atoms with Gasteiger partial charge in [0.25, 0.3) is 0 Å². The van der Waals surface area contributed by atoms with Gasteiger partial charge in [-0.1, -0.05) is 39.0 Å². The number of nitrogens with one attached hydrogen (secondary N) is 1. The fourth-order valence-corrected chi connectivity index (χ4v) is 2.95. The van der Waals surface area contributed by atoms with Crippen molar-refractivity contribution in [2.45, 2.75) is 26.2 Å². The normalized spacial score (nSPS) is 15.7. The average molecular weight is 353 g/mol. The van der Waals surface area contributed by atoms with Crippen LogP contribution in [-0.4, -0.2) is 53.5 Å². The van der Waals surface area contributed by atoms with Crippen LogP contribution in [0.5, 0.6) is 0 Å². The number of carbonyl (C=O) groups excluding carboxylic acids is 1. The molecule has 1 amide bonds. The summed E-state index contributed by atoms with van der Waals surface area (Å²) in [6.07, 6.45) is 1.84. The van der Waals surface area contributed by atoms with Crippen LogP contribution in [0.3, 0.4) is 0 Å². The van der Waals surface area contributed by atoms with Crippen LogP contribution < -0.4 is 10.2 Å². The number of carbonyl (C=O) groups is 1. The largest absolute Gasteiger partial charge is 0.354 e. The first kappa shape index (κ1) is 18.3. The van der Waals surface area contributed by atoms with Crippen molar-refractivity contribution in [1.82, 2.24) is 14.9 Å². The molecule has 1 N–H and O–H groups in total. The topological polar surface area (TPSA) is 61.4 Å². The molecule has 0 unspecified atom stereocenters. The van der Waals surface area contributed by atoms with Crippen LogP contribution >= 0.6 is 0 Å². The molecule has 1 fully saturated rings. The number of rotatable bonds is 4. The Balaban J connectivity index is 1.52. The minimum Gasteiger partial charge on any atom is -0.354 e. The Kier molecular flexibility index (Phi) is 5.52. The predicted octanol–water partition coefficient (Wildman–Crippen LogP) is 2.53. The lowest BCUT2D eigenvalue weighted by Crippen LogP contribution is -2.49. The van der Waals surface area contributed by atoms with Crippen molar-refractivity contribution in [3.8, 4) is 0 Å². The van der Waals surface area contributed by atoms with Crippen LogP contribution in [-0.2, 0) is 10.2 Å². The molecule has 2 aromatic rings. The summed E-state index contributed by atoms with van der Waals surface area (Å²) < 4.78 is 0. The number of para-hydroxylation sites is 1. The van der Waals surface area contributed by atoms with Gasteiger partial charge in [0.2, 0.25) is 5.91 Å². The van der Waals surface area contributed by atoms with Crippen molar-refractivity contribution in [1.29, 1.82) is 0 Å². The molecule has 6 heteroatoms. The zero-order chi connectivity index (χ0) is 18.6. The quantitative estimate of drug-likeness (QED) is 0.915. The summed E-state index contributed by atoms with van der Waals surface area (Å²) in [6.45, 7) is 10.2. The van der Waals surface area contributed by atoms with Gasteiger partial charge in [-0.3, -0.25) is 9.69 Å². The van der Waals surface area contributed by atoms with Gasteiger partial charge in [0, 0.05) is 43.5 Å². The van der Waals surface area contributed by atoms with Gasteiger partial charge in [-0.05, 0) is 18.2 Å². The first-order valence-electron chi connectivity index (χ1n) is 9.07. The zero-order valence-corrected chi connectivity index (χ0v) is 15.8. The second-order valence-corrected chi connectivity index (χ2v) is 7.67. The molecule has 3 rings (SSSR count).